The zero-order valence-corrected chi connectivity index (χ0v) is 11.1. The van der Waals surface area contributed by atoms with Gasteiger partial charge in [-0.25, -0.2) is 0 Å². The SMILES string of the molecule is CCCc1ccc(C(=O)CCC(=O)OCC)cc1. The molecule has 3 nitrogen and oxygen atoms in total. The fourth-order valence-electron chi connectivity index (χ4n) is 1.74. The van der Waals surface area contributed by atoms with Crippen LogP contribution in [0, 0.1) is 0 Å². The summed E-state index contributed by atoms with van der Waals surface area (Å²) in [6.07, 6.45) is 2.49. The molecule has 0 aromatic heterocycles. The third kappa shape index (κ3) is 4.70. The van der Waals surface area contributed by atoms with Gasteiger partial charge in [-0.2, -0.15) is 0 Å². The Kier molecular flexibility index (Phi) is 6.12. The van der Waals surface area contributed by atoms with Gasteiger partial charge in [0.1, 0.15) is 0 Å². The molecule has 0 amide bonds. The van der Waals surface area contributed by atoms with Crippen molar-refractivity contribution in [2.45, 2.75) is 39.5 Å². The van der Waals surface area contributed by atoms with Crippen LogP contribution in [0.5, 0.6) is 0 Å². The summed E-state index contributed by atoms with van der Waals surface area (Å²) in [5.41, 5.74) is 1.90. The molecule has 0 fully saturated rings. The first-order valence-electron chi connectivity index (χ1n) is 6.45. The number of Topliss-reactive ketones (excluding diaryl/α,β-unsaturated/α-hetero) is 1. The minimum atomic E-state index is -0.312. The normalized spacial score (nSPS) is 10.1. The summed E-state index contributed by atoms with van der Waals surface area (Å²) >= 11 is 0. The number of benzene rings is 1. The van der Waals surface area contributed by atoms with Gasteiger partial charge in [0.15, 0.2) is 5.78 Å². The van der Waals surface area contributed by atoms with Gasteiger partial charge in [0.05, 0.1) is 13.0 Å². The predicted molar refractivity (Wildman–Crippen MR) is 70.6 cm³/mol. The number of carbonyl (C=O) groups excluding carboxylic acids is 2. The third-order valence-electron chi connectivity index (χ3n) is 2.68. The van der Waals surface area contributed by atoms with Crippen LogP contribution < -0.4 is 0 Å². The van der Waals surface area contributed by atoms with E-state index in [1.807, 2.05) is 24.3 Å². The predicted octanol–water partition coefficient (Wildman–Crippen LogP) is 3.17. The van der Waals surface area contributed by atoms with Crippen molar-refractivity contribution in [3.63, 3.8) is 0 Å². The Labute approximate surface area is 108 Å². The van der Waals surface area contributed by atoms with Gasteiger partial charge in [-0.15, -0.1) is 0 Å². The van der Waals surface area contributed by atoms with Crippen molar-refractivity contribution in [2.24, 2.45) is 0 Å². The number of aryl methyl sites for hydroxylation is 1. The van der Waals surface area contributed by atoms with Crippen molar-refractivity contribution < 1.29 is 14.3 Å². The van der Waals surface area contributed by atoms with Crippen LogP contribution in [0.3, 0.4) is 0 Å². The molecule has 0 unspecified atom stereocenters. The summed E-state index contributed by atoms with van der Waals surface area (Å²) in [5.74, 6) is -0.320. The first-order valence-corrected chi connectivity index (χ1v) is 6.45. The number of ketones is 1. The van der Waals surface area contributed by atoms with E-state index in [-0.39, 0.29) is 24.6 Å². The summed E-state index contributed by atoms with van der Waals surface area (Å²) in [6, 6.07) is 7.61. The van der Waals surface area contributed by atoms with Gasteiger partial charge in [0.25, 0.3) is 0 Å². The molecule has 1 aromatic carbocycles. The molecule has 0 radical (unpaired) electrons. The van der Waals surface area contributed by atoms with Crippen molar-refractivity contribution in [1.29, 1.82) is 0 Å². The average Bonchev–Trinajstić information content (AvgIpc) is 2.37. The van der Waals surface area contributed by atoms with Crippen LogP contribution in [0.4, 0.5) is 0 Å². The topological polar surface area (TPSA) is 43.4 Å². The molecular formula is C15H20O3. The van der Waals surface area contributed by atoms with E-state index in [1.54, 1.807) is 6.92 Å². The lowest BCUT2D eigenvalue weighted by Gasteiger charge is -2.03. The second-order valence-electron chi connectivity index (χ2n) is 4.18. The van der Waals surface area contributed by atoms with Crippen molar-refractivity contribution in [3.8, 4) is 0 Å². The van der Waals surface area contributed by atoms with Gasteiger partial charge in [-0.3, -0.25) is 9.59 Å². The highest BCUT2D eigenvalue weighted by atomic mass is 16.5. The molecule has 1 rings (SSSR count). The van der Waals surface area contributed by atoms with Crippen LogP contribution in [-0.2, 0) is 16.0 Å². The molecular weight excluding hydrogens is 228 g/mol. The maximum Gasteiger partial charge on any atom is 0.306 e. The Balaban J connectivity index is 2.48. The minimum absolute atomic E-state index is 0.00824. The summed E-state index contributed by atoms with van der Waals surface area (Å²) in [5, 5.41) is 0. The molecule has 0 N–H and O–H groups in total. The molecule has 0 atom stereocenters. The monoisotopic (exact) mass is 248 g/mol. The molecule has 18 heavy (non-hydrogen) atoms. The maximum absolute atomic E-state index is 11.8. The van der Waals surface area contributed by atoms with E-state index in [0.29, 0.717) is 12.2 Å². The van der Waals surface area contributed by atoms with Crippen molar-refractivity contribution in [2.75, 3.05) is 6.61 Å². The Morgan fingerprint density at radius 3 is 2.28 bits per heavy atom. The lowest BCUT2D eigenvalue weighted by atomic mass is 10.0. The first-order chi connectivity index (χ1) is 8.67. The van der Waals surface area contributed by atoms with Crippen molar-refractivity contribution >= 4 is 11.8 Å². The summed E-state index contributed by atoms with van der Waals surface area (Å²) in [7, 11) is 0. The van der Waals surface area contributed by atoms with Gasteiger partial charge < -0.3 is 4.74 Å². The molecule has 98 valence electrons. The number of hydrogen-bond donors (Lipinski definition) is 0. The highest BCUT2D eigenvalue weighted by molar-refractivity contribution is 5.97. The fourth-order valence-corrected chi connectivity index (χ4v) is 1.74. The molecule has 0 spiro atoms. The molecule has 0 aliphatic carbocycles. The number of hydrogen-bond acceptors (Lipinski definition) is 3. The number of ether oxygens (including phenoxy) is 1. The van der Waals surface area contributed by atoms with Crippen LogP contribution >= 0.6 is 0 Å². The average molecular weight is 248 g/mol. The summed E-state index contributed by atoms with van der Waals surface area (Å²) in [4.78, 5) is 23.0. The smallest absolute Gasteiger partial charge is 0.306 e. The van der Waals surface area contributed by atoms with Gasteiger partial charge >= 0.3 is 5.97 Å². The molecule has 0 aliphatic heterocycles. The Morgan fingerprint density at radius 2 is 1.72 bits per heavy atom. The van der Waals surface area contributed by atoms with E-state index in [2.05, 4.69) is 6.92 Å². The largest absolute Gasteiger partial charge is 0.466 e. The van der Waals surface area contributed by atoms with Gasteiger partial charge in [-0.1, -0.05) is 37.6 Å². The fraction of sp³-hybridized carbons (Fsp3) is 0.467. The second kappa shape index (κ2) is 7.64. The highest BCUT2D eigenvalue weighted by Crippen LogP contribution is 2.10. The summed E-state index contributed by atoms with van der Waals surface area (Å²) in [6.45, 7) is 4.24. The lowest BCUT2D eigenvalue weighted by Crippen LogP contribution is -2.08. The maximum atomic E-state index is 11.8. The first kappa shape index (κ1) is 14.4. The third-order valence-corrected chi connectivity index (χ3v) is 2.68. The summed E-state index contributed by atoms with van der Waals surface area (Å²) < 4.78 is 4.79. The molecule has 0 heterocycles. The van der Waals surface area contributed by atoms with Crippen LogP contribution in [-0.4, -0.2) is 18.4 Å². The Bertz CT molecular complexity index is 393. The molecule has 3 heteroatoms. The van der Waals surface area contributed by atoms with Gasteiger partial charge in [0, 0.05) is 12.0 Å². The van der Waals surface area contributed by atoms with Crippen LogP contribution in [0.1, 0.15) is 49.0 Å². The van der Waals surface area contributed by atoms with Crippen LogP contribution in [0.25, 0.3) is 0 Å². The zero-order valence-electron chi connectivity index (χ0n) is 11.1. The molecule has 0 saturated heterocycles. The number of carbonyl (C=O) groups is 2. The van der Waals surface area contributed by atoms with E-state index < -0.39 is 0 Å². The number of rotatable bonds is 7. The lowest BCUT2D eigenvalue weighted by molar-refractivity contribution is -0.143. The number of esters is 1. The van der Waals surface area contributed by atoms with E-state index in [4.69, 9.17) is 4.74 Å². The second-order valence-corrected chi connectivity index (χ2v) is 4.18. The minimum Gasteiger partial charge on any atom is -0.466 e. The molecule has 0 aliphatic rings. The van der Waals surface area contributed by atoms with E-state index >= 15 is 0 Å². The standard InChI is InChI=1S/C15H20O3/c1-3-5-12-6-8-13(9-7-12)14(16)10-11-15(17)18-4-2/h6-9H,3-5,10-11H2,1-2H3. The van der Waals surface area contributed by atoms with Crippen molar-refractivity contribution in [1.82, 2.24) is 0 Å². The van der Waals surface area contributed by atoms with Crippen LogP contribution in [0.15, 0.2) is 24.3 Å². The Morgan fingerprint density at radius 1 is 1.06 bits per heavy atom. The van der Waals surface area contributed by atoms with E-state index in [0.717, 1.165) is 12.8 Å². The van der Waals surface area contributed by atoms with E-state index in [1.165, 1.54) is 5.56 Å². The van der Waals surface area contributed by atoms with Crippen LogP contribution in [0.2, 0.25) is 0 Å². The molecule has 1 aromatic rings. The quantitative estimate of drug-likeness (QED) is 0.550. The van der Waals surface area contributed by atoms with Crippen molar-refractivity contribution in [3.05, 3.63) is 35.4 Å². The molecule has 0 saturated carbocycles. The highest BCUT2D eigenvalue weighted by Gasteiger charge is 2.09. The van der Waals surface area contributed by atoms with Gasteiger partial charge in [-0.05, 0) is 18.9 Å². The van der Waals surface area contributed by atoms with Gasteiger partial charge in [0.2, 0.25) is 0 Å². The van der Waals surface area contributed by atoms with E-state index in [9.17, 15) is 9.59 Å². The molecule has 0 bridgehead atoms. The zero-order chi connectivity index (χ0) is 13.4. The Hall–Kier alpha value is -1.64.